The van der Waals surface area contributed by atoms with Crippen LogP contribution in [0.3, 0.4) is 0 Å². The number of pyridine rings is 1. The van der Waals surface area contributed by atoms with Gasteiger partial charge in [-0.2, -0.15) is 0 Å². The topological polar surface area (TPSA) is 72.9 Å². The van der Waals surface area contributed by atoms with Crippen molar-refractivity contribution in [2.24, 2.45) is 7.05 Å². The molecule has 1 aromatic carbocycles. The Hall–Kier alpha value is -3.25. The second-order valence-electron chi connectivity index (χ2n) is 8.61. The van der Waals surface area contributed by atoms with Crippen LogP contribution in [0.2, 0.25) is 0 Å². The van der Waals surface area contributed by atoms with Crippen molar-refractivity contribution < 1.29 is 0 Å². The van der Waals surface area contributed by atoms with E-state index in [9.17, 15) is 0 Å². The fourth-order valence-corrected chi connectivity index (χ4v) is 4.79. The van der Waals surface area contributed by atoms with Crippen LogP contribution in [-0.2, 0) is 13.6 Å². The maximum Gasteiger partial charge on any atom is 0.219 e. The van der Waals surface area contributed by atoms with Crippen molar-refractivity contribution in [1.29, 1.82) is 0 Å². The predicted molar refractivity (Wildman–Crippen MR) is 125 cm³/mol. The van der Waals surface area contributed by atoms with Crippen molar-refractivity contribution in [3.63, 3.8) is 0 Å². The van der Waals surface area contributed by atoms with Gasteiger partial charge in [0.15, 0.2) is 0 Å². The quantitative estimate of drug-likeness (QED) is 0.541. The van der Waals surface area contributed by atoms with E-state index in [1.807, 2.05) is 0 Å². The molecule has 2 N–H and O–H groups in total. The number of rotatable bonds is 4. The van der Waals surface area contributed by atoms with Crippen LogP contribution in [0.1, 0.15) is 35.7 Å². The summed E-state index contributed by atoms with van der Waals surface area (Å²) in [7, 11) is 2.13. The molecule has 5 rings (SSSR count). The normalized spacial score (nSPS) is 17.3. The number of aryl methyl sites for hydroxylation is 2. The number of anilines is 1. The molecule has 6 heteroatoms. The van der Waals surface area contributed by atoms with Gasteiger partial charge in [-0.05, 0) is 55.6 Å². The number of nitrogens with zero attached hydrogens (tertiary/aromatic N) is 5. The van der Waals surface area contributed by atoms with Crippen molar-refractivity contribution >= 4 is 16.9 Å². The first-order chi connectivity index (χ1) is 15.1. The number of piperidine rings is 1. The summed E-state index contributed by atoms with van der Waals surface area (Å²) in [6, 6.07) is 13.0. The second kappa shape index (κ2) is 8.12. The van der Waals surface area contributed by atoms with Crippen LogP contribution < -0.4 is 5.73 Å². The molecular formula is C25H28N6. The molecule has 1 saturated heterocycles. The number of benzene rings is 1. The van der Waals surface area contributed by atoms with E-state index in [4.69, 9.17) is 10.7 Å². The van der Waals surface area contributed by atoms with Crippen molar-refractivity contribution in [2.75, 3.05) is 18.8 Å². The van der Waals surface area contributed by atoms with Gasteiger partial charge in [-0.1, -0.05) is 18.2 Å². The molecule has 1 aliphatic rings. The van der Waals surface area contributed by atoms with E-state index in [-0.39, 0.29) is 0 Å². The first-order valence-corrected chi connectivity index (χ1v) is 10.9. The van der Waals surface area contributed by atoms with Crippen LogP contribution in [-0.4, -0.2) is 37.5 Å². The largest absolute Gasteiger partial charge is 0.368 e. The van der Waals surface area contributed by atoms with Crippen LogP contribution in [0.15, 0.2) is 55.0 Å². The minimum absolute atomic E-state index is 0.297. The van der Waals surface area contributed by atoms with Gasteiger partial charge in [0.2, 0.25) is 5.95 Å². The molecule has 6 nitrogen and oxygen atoms in total. The summed E-state index contributed by atoms with van der Waals surface area (Å²) < 4.78 is 2.23. The summed E-state index contributed by atoms with van der Waals surface area (Å²) in [5.74, 6) is 0.725. The zero-order valence-electron chi connectivity index (χ0n) is 18.1. The summed E-state index contributed by atoms with van der Waals surface area (Å²) in [5, 5.41) is 1.35. The van der Waals surface area contributed by atoms with Gasteiger partial charge in [-0.15, -0.1) is 0 Å². The Bertz CT molecular complexity index is 1210. The lowest BCUT2D eigenvalue weighted by Crippen LogP contribution is -2.34. The number of nitrogens with two attached hydrogens (primary N) is 1. The van der Waals surface area contributed by atoms with Crippen LogP contribution in [0.25, 0.3) is 22.0 Å². The van der Waals surface area contributed by atoms with Crippen molar-refractivity contribution in [1.82, 2.24) is 24.4 Å². The third kappa shape index (κ3) is 4.03. The van der Waals surface area contributed by atoms with Crippen LogP contribution in [0.4, 0.5) is 5.95 Å². The van der Waals surface area contributed by atoms with Crippen LogP contribution in [0.5, 0.6) is 0 Å². The molecule has 0 unspecified atom stereocenters. The van der Waals surface area contributed by atoms with E-state index >= 15 is 0 Å². The molecule has 1 atom stereocenters. The second-order valence-corrected chi connectivity index (χ2v) is 8.61. The minimum atomic E-state index is 0.297. The summed E-state index contributed by atoms with van der Waals surface area (Å²) in [4.78, 5) is 15.8. The average molecular weight is 413 g/mol. The Morgan fingerprint density at radius 1 is 1.10 bits per heavy atom. The van der Waals surface area contributed by atoms with Gasteiger partial charge < -0.3 is 10.3 Å². The Labute approximate surface area is 182 Å². The predicted octanol–water partition coefficient (Wildman–Crippen LogP) is 4.30. The molecular weight excluding hydrogens is 384 g/mol. The third-order valence-electron chi connectivity index (χ3n) is 6.28. The molecule has 4 aromatic rings. The van der Waals surface area contributed by atoms with Gasteiger partial charge >= 0.3 is 0 Å². The van der Waals surface area contributed by atoms with E-state index < -0.39 is 0 Å². The lowest BCUT2D eigenvalue weighted by Gasteiger charge is -2.32. The fraction of sp³-hybridized carbons (Fsp3) is 0.320. The first-order valence-electron chi connectivity index (χ1n) is 10.9. The van der Waals surface area contributed by atoms with Crippen molar-refractivity contribution in [3.8, 4) is 11.1 Å². The zero-order valence-corrected chi connectivity index (χ0v) is 18.1. The molecule has 0 radical (unpaired) electrons. The summed E-state index contributed by atoms with van der Waals surface area (Å²) >= 11 is 0. The van der Waals surface area contributed by atoms with E-state index in [2.05, 4.69) is 76.0 Å². The highest BCUT2D eigenvalue weighted by atomic mass is 15.1. The lowest BCUT2D eigenvalue weighted by molar-refractivity contribution is 0.199. The highest BCUT2D eigenvalue weighted by Crippen LogP contribution is 2.31. The number of hydrogen-bond donors (Lipinski definition) is 1. The molecule has 3 aromatic heterocycles. The fourth-order valence-electron chi connectivity index (χ4n) is 4.79. The van der Waals surface area contributed by atoms with E-state index in [0.29, 0.717) is 11.9 Å². The summed E-state index contributed by atoms with van der Waals surface area (Å²) in [6.07, 6.45) is 8.20. The highest BCUT2D eigenvalue weighted by molar-refractivity contribution is 5.83. The van der Waals surface area contributed by atoms with Crippen molar-refractivity contribution in [2.45, 2.75) is 32.2 Å². The van der Waals surface area contributed by atoms with Crippen LogP contribution in [0, 0.1) is 6.92 Å². The average Bonchev–Trinajstić information content (AvgIpc) is 3.09. The van der Waals surface area contributed by atoms with Gasteiger partial charge in [0.25, 0.3) is 0 Å². The minimum Gasteiger partial charge on any atom is -0.368 e. The van der Waals surface area contributed by atoms with Gasteiger partial charge in [0.05, 0.1) is 0 Å². The van der Waals surface area contributed by atoms with E-state index in [1.165, 1.54) is 29.3 Å². The molecule has 158 valence electrons. The third-order valence-corrected chi connectivity index (χ3v) is 6.28. The van der Waals surface area contributed by atoms with Crippen molar-refractivity contribution in [3.05, 3.63) is 71.9 Å². The standard InChI is InChI=1S/C25H28N6/c1-17-10-19(20-12-27-25(26)28-13-20)11-23(29-17)18-6-5-9-31(15-18)16-21-14-30(2)24-8-4-3-7-22(21)24/h3-4,7-8,10-14,18H,5-6,9,15-16H2,1-2H3,(H2,26,27,28)/t18-/m1/s1. The Morgan fingerprint density at radius 2 is 1.90 bits per heavy atom. The van der Waals surface area contributed by atoms with Gasteiger partial charge in [0.1, 0.15) is 0 Å². The lowest BCUT2D eigenvalue weighted by atomic mass is 9.92. The van der Waals surface area contributed by atoms with Gasteiger partial charge in [0, 0.05) is 72.5 Å². The highest BCUT2D eigenvalue weighted by Gasteiger charge is 2.24. The van der Waals surface area contributed by atoms with E-state index in [1.54, 1.807) is 12.4 Å². The molecule has 0 amide bonds. The number of fused-ring (bicyclic) bond motifs is 1. The summed E-state index contributed by atoms with van der Waals surface area (Å²) in [5.41, 5.74) is 12.6. The first kappa shape index (κ1) is 19.7. The molecule has 0 spiro atoms. The molecule has 31 heavy (non-hydrogen) atoms. The molecule has 1 fully saturated rings. The maximum absolute atomic E-state index is 5.65. The maximum atomic E-state index is 5.65. The molecule has 4 heterocycles. The van der Waals surface area contributed by atoms with Gasteiger partial charge in [-0.25, -0.2) is 9.97 Å². The molecule has 0 saturated carbocycles. The molecule has 1 aliphatic heterocycles. The van der Waals surface area contributed by atoms with Gasteiger partial charge in [-0.3, -0.25) is 9.88 Å². The smallest absolute Gasteiger partial charge is 0.219 e. The van der Waals surface area contributed by atoms with E-state index in [0.717, 1.165) is 42.1 Å². The monoisotopic (exact) mass is 412 g/mol. The zero-order chi connectivity index (χ0) is 21.4. The number of aromatic nitrogens is 4. The number of likely N-dealkylation sites (tertiary alicyclic amines) is 1. The Balaban J connectivity index is 1.38. The molecule has 0 aliphatic carbocycles. The number of para-hydroxylation sites is 1. The summed E-state index contributed by atoms with van der Waals surface area (Å²) in [6.45, 7) is 5.19. The Kier molecular flexibility index (Phi) is 5.16. The number of hydrogen-bond acceptors (Lipinski definition) is 5. The molecule has 0 bridgehead atoms. The van der Waals surface area contributed by atoms with Crippen LogP contribution >= 0.6 is 0 Å². The number of nitrogen functional groups attached to an aromatic ring is 1. The Morgan fingerprint density at radius 3 is 2.74 bits per heavy atom. The SMILES string of the molecule is Cc1cc(-c2cnc(N)nc2)cc([C@@H]2CCCN(Cc3cn(C)c4ccccc34)C2)n1.